The van der Waals surface area contributed by atoms with Crippen LogP contribution in [-0.2, 0) is 19.1 Å². The van der Waals surface area contributed by atoms with Crippen LogP contribution in [0.1, 0.15) is 106 Å². The van der Waals surface area contributed by atoms with E-state index in [9.17, 15) is 24.3 Å². The summed E-state index contributed by atoms with van der Waals surface area (Å²) in [6, 6.07) is 10.3. The van der Waals surface area contributed by atoms with E-state index in [1.165, 1.54) is 6.07 Å². The number of methoxy groups -OCH3 is 1. The number of likely N-dealkylation sites (N-methyl/N-ethyl adjacent to an activating group) is 1. The van der Waals surface area contributed by atoms with Gasteiger partial charge in [-0.05, 0) is 99.6 Å². The van der Waals surface area contributed by atoms with Crippen molar-refractivity contribution in [2.75, 3.05) is 73.6 Å². The lowest BCUT2D eigenvalue weighted by Crippen LogP contribution is -2.67. The van der Waals surface area contributed by atoms with Crippen LogP contribution < -0.4 is 35.4 Å². The predicted octanol–water partition coefficient (Wildman–Crippen LogP) is 5.02. The zero-order chi connectivity index (χ0) is 45.4. The second kappa shape index (κ2) is 18.8. The van der Waals surface area contributed by atoms with Crippen LogP contribution in [0.5, 0.6) is 5.75 Å². The van der Waals surface area contributed by atoms with E-state index in [2.05, 4.69) is 35.6 Å². The molecule has 348 valence electrons. The number of carbonyl (C=O) groups excluding carboxylic acids is 4. The summed E-state index contributed by atoms with van der Waals surface area (Å²) >= 11 is 0. The smallest absolute Gasteiger partial charge is 0.251 e. The highest BCUT2D eigenvalue weighted by atomic mass is 19.1. The van der Waals surface area contributed by atoms with Gasteiger partial charge in [0.2, 0.25) is 23.7 Å². The third-order valence-corrected chi connectivity index (χ3v) is 14.9. The number of nitrogens with zero attached hydrogens (tertiary/aromatic N) is 6. The quantitative estimate of drug-likeness (QED) is 0.168. The van der Waals surface area contributed by atoms with Gasteiger partial charge in [-0.1, -0.05) is 25.8 Å². The second-order valence-electron chi connectivity index (χ2n) is 18.9. The number of imide groups is 1. The van der Waals surface area contributed by atoms with Gasteiger partial charge in [0.25, 0.3) is 5.91 Å². The molecule has 17 heteroatoms. The first-order valence-electron chi connectivity index (χ1n) is 23.5. The summed E-state index contributed by atoms with van der Waals surface area (Å²) < 4.78 is 27.4. The highest BCUT2D eigenvalue weighted by Gasteiger charge is 2.48. The van der Waals surface area contributed by atoms with Crippen molar-refractivity contribution in [3.63, 3.8) is 0 Å². The molecule has 6 aliphatic rings. The normalized spacial score (nSPS) is 26.5. The van der Waals surface area contributed by atoms with E-state index in [-0.39, 0.29) is 66.6 Å². The third kappa shape index (κ3) is 8.98. The lowest BCUT2D eigenvalue weighted by molar-refractivity contribution is -0.134. The highest BCUT2D eigenvalue weighted by Crippen LogP contribution is 2.42. The van der Waals surface area contributed by atoms with Crippen LogP contribution in [0.4, 0.5) is 33.2 Å². The minimum atomic E-state index is -0.639. The highest BCUT2D eigenvalue weighted by molar-refractivity contribution is 6.04. The summed E-state index contributed by atoms with van der Waals surface area (Å²) in [6.07, 6.45) is 10.7. The Hall–Kier alpha value is -5.39. The number of aromatic nitrogens is 2. The molecular weight excluding hydrogens is 834 g/mol. The fourth-order valence-electron chi connectivity index (χ4n) is 11.5. The lowest BCUT2D eigenvalue weighted by atomic mass is 9.75. The molecule has 16 nitrogen and oxygen atoms in total. The molecule has 65 heavy (non-hydrogen) atoms. The maximum atomic E-state index is 15.5. The molecule has 2 bridgehead atoms. The van der Waals surface area contributed by atoms with Crippen molar-refractivity contribution in [3.05, 3.63) is 59.5 Å². The maximum absolute atomic E-state index is 15.5. The van der Waals surface area contributed by atoms with Crippen molar-refractivity contribution in [2.45, 2.75) is 120 Å². The molecule has 3 aromatic rings. The number of ether oxygens (including phenoxy) is 2. The van der Waals surface area contributed by atoms with E-state index in [0.29, 0.717) is 104 Å². The zero-order valence-electron chi connectivity index (χ0n) is 37.7. The fourth-order valence-corrected chi connectivity index (χ4v) is 11.5. The first-order valence-corrected chi connectivity index (χ1v) is 23.5. The summed E-state index contributed by atoms with van der Waals surface area (Å²) in [5, 5.41) is 19.4. The number of hydrogen-bond donors (Lipinski definition) is 4. The van der Waals surface area contributed by atoms with E-state index in [4.69, 9.17) is 14.5 Å². The Morgan fingerprint density at radius 1 is 1.00 bits per heavy atom. The van der Waals surface area contributed by atoms with Crippen LogP contribution in [0.15, 0.2) is 42.6 Å². The molecule has 1 aromatic heterocycles. The number of nitrogens with one attached hydrogen (secondary N) is 3. The van der Waals surface area contributed by atoms with Gasteiger partial charge in [-0.15, -0.1) is 0 Å². The predicted molar refractivity (Wildman–Crippen MR) is 243 cm³/mol. The monoisotopic (exact) mass is 895 g/mol. The molecule has 1 saturated carbocycles. The van der Waals surface area contributed by atoms with Gasteiger partial charge in [0.1, 0.15) is 23.3 Å². The van der Waals surface area contributed by atoms with Crippen LogP contribution in [0.3, 0.4) is 0 Å². The van der Waals surface area contributed by atoms with Gasteiger partial charge in [0.15, 0.2) is 5.82 Å². The number of anilines is 5. The van der Waals surface area contributed by atoms with Crippen LogP contribution in [0, 0.1) is 11.7 Å². The van der Waals surface area contributed by atoms with E-state index >= 15 is 4.39 Å². The minimum absolute atomic E-state index is 0.0530. The largest absolute Gasteiger partial charge is 0.495 e. The number of aliphatic hydroxyl groups is 1. The third-order valence-electron chi connectivity index (χ3n) is 14.9. The van der Waals surface area contributed by atoms with E-state index < -0.39 is 11.5 Å². The SMILES string of the molecule is CC[C@@H]1C(=O)N(C)c2cnc(Nc3ccc(C(=O)NC4(CCO)CC5COCC(C4)N5CC4CCN(c5ccc(C6CCC(=O)NC6=O)cc5F)CC4)cc3OC)nc2N1C1CCCC1. The van der Waals surface area contributed by atoms with Crippen molar-refractivity contribution < 1.29 is 38.1 Å². The van der Waals surface area contributed by atoms with Crippen molar-refractivity contribution in [3.8, 4) is 5.75 Å². The summed E-state index contributed by atoms with van der Waals surface area (Å²) in [5.41, 5.74) is 2.18. The standard InChI is InChI=1S/C48H62FN9O7/c1-4-38-46(63)55(2)40-25-50-47(53-43(40)58(38)32-7-5-6-8-32)51-37-12-9-31(22-41(37)64-3)44(61)54-48(17-20-59)23-33-27-65-28-34(24-48)57(33)26-29-15-18-56(19-16-29)39-13-10-30(21-36(39)49)35-11-14-42(60)52-45(35)62/h9-10,12-13,21-22,25,29,32-35,38,59H,4-8,11,14-20,23-24,26-28H2,1-3H3,(H,54,61)(H,50,51,53)(H,52,60,62)/t33?,34?,35?,38-,48?/m1/s1. The topological polar surface area (TPSA) is 182 Å². The number of carbonyl (C=O) groups is 4. The van der Waals surface area contributed by atoms with Crippen molar-refractivity contribution in [1.82, 2.24) is 25.5 Å². The van der Waals surface area contributed by atoms with Gasteiger partial charge < -0.3 is 39.9 Å². The summed E-state index contributed by atoms with van der Waals surface area (Å²) in [7, 11) is 3.33. The number of piperidine rings is 3. The molecule has 4 amide bonds. The Labute approximate surface area is 379 Å². The molecule has 3 unspecified atom stereocenters. The van der Waals surface area contributed by atoms with Crippen LogP contribution in [0.2, 0.25) is 0 Å². The Kier molecular flexibility index (Phi) is 13.0. The second-order valence-corrected chi connectivity index (χ2v) is 18.9. The van der Waals surface area contributed by atoms with Gasteiger partial charge in [0, 0.05) is 68.9 Å². The maximum Gasteiger partial charge on any atom is 0.251 e. The minimum Gasteiger partial charge on any atom is -0.495 e. The molecule has 9 rings (SSSR count). The zero-order valence-corrected chi connectivity index (χ0v) is 37.7. The van der Waals surface area contributed by atoms with E-state index in [1.54, 1.807) is 49.5 Å². The average molecular weight is 896 g/mol. The number of morpholine rings is 1. The molecule has 5 aliphatic heterocycles. The molecule has 0 radical (unpaired) electrons. The summed E-state index contributed by atoms with van der Waals surface area (Å²) in [4.78, 5) is 69.6. The Morgan fingerprint density at radius 2 is 1.75 bits per heavy atom. The Balaban J connectivity index is 0.838. The van der Waals surface area contributed by atoms with Crippen LogP contribution in [-0.4, -0.2) is 127 Å². The van der Waals surface area contributed by atoms with Gasteiger partial charge in [-0.3, -0.25) is 29.4 Å². The summed E-state index contributed by atoms with van der Waals surface area (Å²) in [5.74, 6) is 0.197. The Morgan fingerprint density at radius 3 is 2.43 bits per heavy atom. The number of halogens is 1. The molecule has 6 heterocycles. The van der Waals surface area contributed by atoms with E-state index in [1.807, 2.05) is 13.0 Å². The fraction of sp³-hybridized carbons (Fsp3) is 0.583. The van der Waals surface area contributed by atoms with Crippen molar-refractivity contribution in [2.24, 2.45) is 5.92 Å². The van der Waals surface area contributed by atoms with Gasteiger partial charge in [-0.2, -0.15) is 4.98 Å². The van der Waals surface area contributed by atoms with Crippen molar-refractivity contribution in [1.29, 1.82) is 0 Å². The average Bonchev–Trinajstić information content (AvgIpc) is 3.83. The number of hydrogen-bond acceptors (Lipinski definition) is 13. The number of rotatable bonds is 13. The number of aliphatic hydroxyl groups excluding tert-OH is 1. The molecular formula is C48H62FN9O7. The van der Waals surface area contributed by atoms with E-state index in [0.717, 1.165) is 50.9 Å². The van der Waals surface area contributed by atoms with Gasteiger partial charge in [0.05, 0.1) is 43.8 Å². The van der Waals surface area contributed by atoms with Gasteiger partial charge in [-0.25, -0.2) is 9.37 Å². The molecule has 2 aromatic carbocycles. The number of fused-ring (bicyclic) bond motifs is 3. The van der Waals surface area contributed by atoms with Crippen LogP contribution >= 0.6 is 0 Å². The molecule has 4 atom stereocenters. The molecule has 0 spiro atoms. The Bertz CT molecular complexity index is 2270. The molecule has 4 saturated heterocycles. The van der Waals surface area contributed by atoms with Crippen LogP contribution in [0.25, 0.3) is 0 Å². The first kappa shape index (κ1) is 44.8. The number of benzene rings is 2. The lowest BCUT2D eigenvalue weighted by Gasteiger charge is -2.54. The molecule has 5 fully saturated rings. The molecule has 1 aliphatic carbocycles. The van der Waals surface area contributed by atoms with Crippen molar-refractivity contribution >= 4 is 52.5 Å². The van der Waals surface area contributed by atoms with Gasteiger partial charge >= 0.3 is 0 Å². The number of amides is 4. The summed E-state index contributed by atoms with van der Waals surface area (Å²) in [6.45, 7) is 5.32. The first-order chi connectivity index (χ1) is 31.5. The molecule has 4 N–H and O–H groups in total.